The molecule has 42 heavy (non-hydrogen) atoms. The Morgan fingerprint density at radius 3 is 2.45 bits per heavy atom. The van der Waals surface area contributed by atoms with E-state index in [0.717, 1.165) is 17.7 Å². The first-order valence-corrected chi connectivity index (χ1v) is 13.6. The Morgan fingerprint density at radius 1 is 0.952 bits per heavy atom. The Kier molecular flexibility index (Phi) is 6.99. The molecule has 8 nitrogen and oxygen atoms in total. The van der Waals surface area contributed by atoms with Crippen LogP contribution in [0, 0.1) is 11.6 Å². The zero-order valence-electron chi connectivity index (χ0n) is 23.2. The van der Waals surface area contributed by atoms with E-state index in [4.69, 9.17) is 15.2 Å². The largest absolute Gasteiger partial charge is 0.458 e. The topological polar surface area (TPSA) is 112 Å². The van der Waals surface area contributed by atoms with Crippen LogP contribution in [0.1, 0.15) is 38.1 Å². The average Bonchev–Trinajstić information content (AvgIpc) is 3.37. The van der Waals surface area contributed by atoms with Gasteiger partial charge < -0.3 is 15.5 Å². The van der Waals surface area contributed by atoms with E-state index in [1.54, 1.807) is 17.7 Å². The van der Waals surface area contributed by atoms with Crippen molar-refractivity contribution in [3.63, 3.8) is 0 Å². The SMILES string of the molecule is CC(C)NCc1ccc(-c2nn(C(C)c3oc4cccc(F)c4c(=O)c3-c3cccc(F)c3)c3ncnc(N)c23)cc1. The number of anilines is 1. The van der Waals surface area contributed by atoms with Crippen molar-refractivity contribution in [2.24, 2.45) is 0 Å². The van der Waals surface area contributed by atoms with Gasteiger partial charge in [-0.05, 0) is 42.3 Å². The van der Waals surface area contributed by atoms with Crippen LogP contribution < -0.4 is 16.5 Å². The second-order valence-corrected chi connectivity index (χ2v) is 10.5. The summed E-state index contributed by atoms with van der Waals surface area (Å²) in [5.74, 6) is -0.852. The molecule has 212 valence electrons. The lowest BCUT2D eigenvalue weighted by Crippen LogP contribution is -2.21. The van der Waals surface area contributed by atoms with Crippen LogP contribution in [0.25, 0.3) is 44.4 Å². The van der Waals surface area contributed by atoms with Gasteiger partial charge in [0.25, 0.3) is 0 Å². The lowest BCUT2D eigenvalue weighted by Gasteiger charge is -2.17. The van der Waals surface area contributed by atoms with Crippen molar-refractivity contribution in [3.8, 4) is 22.4 Å². The van der Waals surface area contributed by atoms with Gasteiger partial charge in [-0.25, -0.2) is 23.4 Å². The summed E-state index contributed by atoms with van der Waals surface area (Å²) >= 11 is 0. The fourth-order valence-electron chi connectivity index (χ4n) is 5.11. The van der Waals surface area contributed by atoms with Crippen molar-refractivity contribution in [3.05, 3.63) is 106 Å². The molecule has 0 spiro atoms. The lowest BCUT2D eigenvalue weighted by atomic mass is 9.99. The van der Waals surface area contributed by atoms with Crippen LogP contribution in [0.15, 0.2) is 82.3 Å². The van der Waals surface area contributed by atoms with E-state index in [0.29, 0.717) is 22.8 Å². The third-order valence-electron chi connectivity index (χ3n) is 7.22. The van der Waals surface area contributed by atoms with Crippen molar-refractivity contribution in [1.29, 1.82) is 0 Å². The summed E-state index contributed by atoms with van der Waals surface area (Å²) in [6.07, 6.45) is 1.34. The Morgan fingerprint density at radius 2 is 1.71 bits per heavy atom. The lowest BCUT2D eigenvalue weighted by molar-refractivity contribution is 0.445. The van der Waals surface area contributed by atoms with Gasteiger partial charge in [-0.1, -0.05) is 56.3 Å². The highest BCUT2D eigenvalue weighted by Crippen LogP contribution is 2.36. The Balaban J connectivity index is 1.55. The number of nitrogens with two attached hydrogens (primary N) is 1. The van der Waals surface area contributed by atoms with E-state index in [9.17, 15) is 13.6 Å². The van der Waals surface area contributed by atoms with E-state index in [-0.39, 0.29) is 33.7 Å². The first-order valence-electron chi connectivity index (χ1n) is 13.6. The minimum Gasteiger partial charge on any atom is -0.458 e. The predicted molar refractivity (Wildman–Crippen MR) is 159 cm³/mol. The van der Waals surface area contributed by atoms with E-state index in [2.05, 4.69) is 29.1 Å². The minimum atomic E-state index is -0.733. The zero-order valence-corrected chi connectivity index (χ0v) is 23.2. The monoisotopic (exact) mass is 566 g/mol. The number of benzene rings is 3. The molecule has 10 heteroatoms. The van der Waals surface area contributed by atoms with Crippen LogP contribution >= 0.6 is 0 Å². The summed E-state index contributed by atoms with van der Waals surface area (Å²) in [6, 6.07) is 17.3. The molecule has 0 aliphatic rings. The van der Waals surface area contributed by atoms with Crippen molar-refractivity contribution >= 4 is 27.8 Å². The first kappa shape index (κ1) is 27.2. The number of hydrogen-bond acceptors (Lipinski definition) is 7. The third-order valence-corrected chi connectivity index (χ3v) is 7.22. The summed E-state index contributed by atoms with van der Waals surface area (Å²) < 4.78 is 37.0. The first-order chi connectivity index (χ1) is 20.2. The van der Waals surface area contributed by atoms with Crippen molar-refractivity contribution < 1.29 is 13.2 Å². The molecule has 3 N–H and O–H groups in total. The number of nitrogen functional groups attached to an aromatic ring is 1. The molecule has 0 amide bonds. The van der Waals surface area contributed by atoms with Crippen LogP contribution in [-0.4, -0.2) is 25.8 Å². The Labute approximate surface area is 239 Å². The summed E-state index contributed by atoms with van der Waals surface area (Å²) in [5.41, 5.74) is 8.97. The normalized spacial score (nSPS) is 12.4. The summed E-state index contributed by atoms with van der Waals surface area (Å²) in [7, 11) is 0. The highest BCUT2D eigenvalue weighted by Gasteiger charge is 2.27. The maximum absolute atomic E-state index is 14.9. The molecular formula is C32H28F2N6O2. The smallest absolute Gasteiger partial charge is 0.203 e. The predicted octanol–water partition coefficient (Wildman–Crippen LogP) is 6.23. The molecule has 0 saturated heterocycles. The summed E-state index contributed by atoms with van der Waals surface area (Å²) in [6.45, 7) is 6.68. The number of fused-ring (bicyclic) bond motifs is 2. The second-order valence-electron chi connectivity index (χ2n) is 10.5. The van der Waals surface area contributed by atoms with Gasteiger partial charge in [-0.2, -0.15) is 5.10 Å². The van der Waals surface area contributed by atoms with Crippen molar-refractivity contribution in [1.82, 2.24) is 25.1 Å². The third kappa shape index (κ3) is 4.79. The van der Waals surface area contributed by atoms with E-state index < -0.39 is 23.1 Å². The minimum absolute atomic E-state index is 0.0360. The molecule has 0 saturated carbocycles. The molecule has 6 aromatic rings. The molecule has 3 aromatic heterocycles. The van der Waals surface area contributed by atoms with Gasteiger partial charge in [0.15, 0.2) is 5.65 Å². The van der Waals surface area contributed by atoms with Crippen LogP contribution in [0.4, 0.5) is 14.6 Å². The number of hydrogen-bond donors (Lipinski definition) is 2. The van der Waals surface area contributed by atoms with Gasteiger partial charge in [0.1, 0.15) is 52.2 Å². The van der Waals surface area contributed by atoms with Gasteiger partial charge >= 0.3 is 0 Å². The van der Waals surface area contributed by atoms with Gasteiger partial charge in [0, 0.05) is 18.2 Å². The molecule has 6 rings (SSSR count). The van der Waals surface area contributed by atoms with Crippen LogP contribution in [-0.2, 0) is 6.54 Å². The zero-order chi connectivity index (χ0) is 29.5. The fourth-order valence-corrected chi connectivity index (χ4v) is 5.11. The van der Waals surface area contributed by atoms with Gasteiger partial charge in [-0.3, -0.25) is 4.79 Å². The standard InChI is InChI=1S/C32H28F2N6O2/c1-17(2)36-15-19-10-12-20(13-11-19)28-27-31(35)37-16-38-32(27)40(39-28)18(3)30-25(21-6-4-7-22(33)14-21)29(41)26-23(34)8-5-9-24(26)42-30/h4-14,16-18,36H,15H2,1-3H3,(H2,35,37,38). The molecule has 3 aromatic carbocycles. The molecule has 3 heterocycles. The van der Waals surface area contributed by atoms with Crippen molar-refractivity contribution in [2.45, 2.75) is 39.4 Å². The number of nitrogens with zero attached hydrogens (tertiary/aromatic N) is 4. The van der Waals surface area contributed by atoms with Crippen LogP contribution in [0.2, 0.25) is 0 Å². The quantitative estimate of drug-likeness (QED) is 0.235. The maximum Gasteiger partial charge on any atom is 0.203 e. The maximum atomic E-state index is 14.9. The van der Waals surface area contributed by atoms with Gasteiger partial charge in [0.2, 0.25) is 5.43 Å². The molecule has 0 bridgehead atoms. The van der Waals surface area contributed by atoms with Crippen LogP contribution in [0.3, 0.4) is 0 Å². The molecule has 0 aliphatic carbocycles. The summed E-state index contributed by atoms with van der Waals surface area (Å²) in [5, 5.41) is 8.62. The number of nitrogens with one attached hydrogen (secondary N) is 1. The Bertz CT molecular complexity index is 2000. The van der Waals surface area contributed by atoms with Crippen LogP contribution in [0.5, 0.6) is 0 Å². The molecular weight excluding hydrogens is 538 g/mol. The van der Waals surface area contributed by atoms with E-state index in [1.807, 2.05) is 24.3 Å². The highest BCUT2D eigenvalue weighted by molar-refractivity contribution is 5.98. The number of rotatable bonds is 7. The van der Waals surface area contributed by atoms with E-state index >= 15 is 0 Å². The molecule has 0 radical (unpaired) electrons. The number of aromatic nitrogens is 4. The second kappa shape index (κ2) is 10.8. The van der Waals surface area contributed by atoms with E-state index in [1.165, 1.54) is 42.7 Å². The van der Waals surface area contributed by atoms with Crippen molar-refractivity contribution in [2.75, 3.05) is 5.73 Å². The average molecular weight is 567 g/mol. The highest BCUT2D eigenvalue weighted by atomic mass is 19.1. The molecule has 1 unspecified atom stereocenters. The summed E-state index contributed by atoms with van der Waals surface area (Å²) in [4.78, 5) is 22.5. The molecule has 0 aliphatic heterocycles. The molecule has 1 atom stereocenters. The molecule has 0 fully saturated rings. The fraction of sp³-hybridized carbons (Fsp3) is 0.188. The van der Waals surface area contributed by atoms with Gasteiger partial charge in [0.05, 0.1) is 10.9 Å². The Hall–Kier alpha value is -4.96. The number of halogens is 2. The van der Waals surface area contributed by atoms with Gasteiger partial charge in [-0.15, -0.1) is 0 Å².